The lowest BCUT2D eigenvalue weighted by Crippen LogP contribution is -2.44. The van der Waals surface area contributed by atoms with Crippen LogP contribution in [0.3, 0.4) is 0 Å². The Bertz CT molecular complexity index is 1020. The van der Waals surface area contributed by atoms with Gasteiger partial charge >= 0.3 is 0 Å². The average Bonchev–Trinajstić information content (AvgIpc) is 3.00. The maximum absolute atomic E-state index is 13.4. The maximum atomic E-state index is 13.4. The first kappa shape index (κ1) is 19.1. The Labute approximate surface area is 173 Å². The van der Waals surface area contributed by atoms with Crippen LogP contribution in [0.25, 0.3) is 5.57 Å². The molecule has 0 aromatic carbocycles. The first-order chi connectivity index (χ1) is 14.3. The molecule has 2 aromatic rings. The minimum Gasteiger partial charge on any atom is -0.332 e. The zero-order valence-electron chi connectivity index (χ0n) is 16.9. The molecule has 1 aliphatic carbocycles. The van der Waals surface area contributed by atoms with Gasteiger partial charge in [-0.25, -0.2) is 18.7 Å². The summed E-state index contributed by atoms with van der Waals surface area (Å²) in [6.45, 7) is 4.10. The number of alkyl halides is 2. The van der Waals surface area contributed by atoms with E-state index in [1.54, 1.807) is 17.3 Å². The lowest BCUT2D eigenvalue weighted by molar-refractivity contribution is -0.137. The van der Waals surface area contributed by atoms with Gasteiger partial charge in [-0.2, -0.15) is 5.10 Å². The van der Waals surface area contributed by atoms with E-state index in [9.17, 15) is 13.6 Å². The maximum Gasteiger partial charge on any atom is 0.260 e. The van der Waals surface area contributed by atoms with Crippen molar-refractivity contribution in [3.05, 3.63) is 36.4 Å². The molecule has 9 heteroatoms. The van der Waals surface area contributed by atoms with Crippen LogP contribution in [-0.2, 0) is 4.79 Å². The summed E-state index contributed by atoms with van der Waals surface area (Å²) in [5.74, 6) is -3.87. The van der Waals surface area contributed by atoms with Gasteiger partial charge < -0.3 is 10.2 Å². The van der Waals surface area contributed by atoms with Gasteiger partial charge in [0, 0.05) is 30.9 Å². The summed E-state index contributed by atoms with van der Waals surface area (Å²) in [6.07, 6.45) is 9.30. The van der Waals surface area contributed by atoms with Gasteiger partial charge in [-0.05, 0) is 44.7 Å². The van der Waals surface area contributed by atoms with Crippen LogP contribution in [0.1, 0.15) is 51.3 Å². The number of nitrogens with one attached hydrogen (secondary N) is 1. The number of anilines is 2. The Hall–Kier alpha value is -2.84. The summed E-state index contributed by atoms with van der Waals surface area (Å²) in [6, 6.07) is 1.95. The van der Waals surface area contributed by atoms with E-state index in [2.05, 4.69) is 34.2 Å². The molecule has 0 spiro atoms. The van der Waals surface area contributed by atoms with E-state index in [1.807, 2.05) is 23.0 Å². The summed E-state index contributed by atoms with van der Waals surface area (Å²) in [4.78, 5) is 23.2. The second-order valence-corrected chi connectivity index (χ2v) is 8.65. The van der Waals surface area contributed by atoms with Crippen LogP contribution >= 0.6 is 0 Å². The number of nitrogens with zero attached hydrogens (tertiary/aromatic N) is 5. The molecule has 5 rings (SSSR count). The molecule has 0 radical (unpaired) electrons. The summed E-state index contributed by atoms with van der Waals surface area (Å²) < 4.78 is 28.6. The van der Waals surface area contributed by atoms with Crippen LogP contribution in [0.2, 0.25) is 0 Å². The van der Waals surface area contributed by atoms with Crippen molar-refractivity contribution in [2.75, 3.05) is 5.32 Å². The molecule has 2 unspecified atom stereocenters. The Kier molecular flexibility index (Phi) is 4.37. The van der Waals surface area contributed by atoms with Crippen LogP contribution in [0.5, 0.6) is 0 Å². The lowest BCUT2D eigenvalue weighted by Gasteiger charge is -2.34. The normalized spacial score (nSPS) is 26.6. The third-order valence-corrected chi connectivity index (χ3v) is 6.15. The fraction of sp³-hybridized carbons (Fsp3) is 0.524. The molecule has 2 bridgehead atoms. The molecule has 3 aliphatic rings. The number of hydrogen-bond acceptors (Lipinski definition) is 5. The molecule has 2 fully saturated rings. The molecule has 2 aromatic heterocycles. The van der Waals surface area contributed by atoms with Gasteiger partial charge in [0.1, 0.15) is 5.92 Å². The third-order valence-electron chi connectivity index (χ3n) is 6.15. The zero-order chi connectivity index (χ0) is 21.0. The Morgan fingerprint density at radius 1 is 1.33 bits per heavy atom. The van der Waals surface area contributed by atoms with Crippen LogP contribution in [0, 0.1) is 5.92 Å². The monoisotopic (exact) mass is 414 g/mol. The largest absolute Gasteiger partial charge is 0.332 e. The van der Waals surface area contributed by atoms with Crippen LogP contribution in [0.4, 0.5) is 20.4 Å². The summed E-state index contributed by atoms with van der Waals surface area (Å²) in [5.41, 5.74) is 2.64. The van der Waals surface area contributed by atoms with Crippen LogP contribution < -0.4 is 5.32 Å². The number of halogens is 2. The highest BCUT2D eigenvalue weighted by atomic mass is 19.3. The van der Waals surface area contributed by atoms with Gasteiger partial charge in [0.2, 0.25) is 11.9 Å². The van der Waals surface area contributed by atoms with Gasteiger partial charge in [-0.15, -0.1) is 0 Å². The number of aromatic nitrogens is 4. The Morgan fingerprint density at radius 3 is 2.80 bits per heavy atom. The first-order valence-electron chi connectivity index (χ1n) is 10.4. The molecule has 1 N–H and O–H groups in total. The van der Waals surface area contributed by atoms with Crippen molar-refractivity contribution in [3.8, 4) is 0 Å². The van der Waals surface area contributed by atoms with Crippen molar-refractivity contribution in [1.82, 2.24) is 24.6 Å². The molecule has 3 atom stereocenters. The number of rotatable bonds is 5. The lowest BCUT2D eigenvalue weighted by atomic mass is 9.98. The predicted molar refractivity (Wildman–Crippen MR) is 107 cm³/mol. The highest BCUT2D eigenvalue weighted by molar-refractivity contribution is 5.85. The fourth-order valence-electron chi connectivity index (χ4n) is 4.44. The van der Waals surface area contributed by atoms with E-state index in [0.717, 1.165) is 29.8 Å². The molecular weight excluding hydrogens is 390 g/mol. The zero-order valence-corrected chi connectivity index (χ0v) is 16.9. The third kappa shape index (κ3) is 3.36. The fourth-order valence-corrected chi connectivity index (χ4v) is 4.44. The number of fused-ring (bicyclic) bond motifs is 2. The van der Waals surface area contributed by atoms with Crippen molar-refractivity contribution in [3.63, 3.8) is 0 Å². The molecule has 1 saturated carbocycles. The molecule has 158 valence electrons. The van der Waals surface area contributed by atoms with E-state index < -0.39 is 17.7 Å². The van der Waals surface area contributed by atoms with Crippen LogP contribution in [-0.4, -0.2) is 48.6 Å². The number of amides is 1. The number of carbonyl (C=O) groups is 1. The Morgan fingerprint density at radius 2 is 2.13 bits per heavy atom. The van der Waals surface area contributed by atoms with Gasteiger partial charge in [0.05, 0.1) is 23.6 Å². The van der Waals surface area contributed by atoms with E-state index in [-0.39, 0.29) is 24.5 Å². The quantitative estimate of drug-likeness (QED) is 0.806. The smallest absolute Gasteiger partial charge is 0.260 e. The van der Waals surface area contributed by atoms with Crippen molar-refractivity contribution in [2.45, 2.75) is 63.6 Å². The first-order valence-corrected chi connectivity index (χ1v) is 10.4. The highest BCUT2D eigenvalue weighted by Gasteiger charge is 2.63. The van der Waals surface area contributed by atoms with Gasteiger partial charge in [-0.1, -0.05) is 6.08 Å². The van der Waals surface area contributed by atoms with Crippen molar-refractivity contribution in [2.24, 2.45) is 5.92 Å². The molecule has 2 aliphatic heterocycles. The summed E-state index contributed by atoms with van der Waals surface area (Å²) in [7, 11) is 0. The van der Waals surface area contributed by atoms with E-state index in [4.69, 9.17) is 0 Å². The molecule has 1 amide bonds. The minimum atomic E-state index is -2.82. The minimum absolute atomic E-state index is 0.0328. The van der Waals surface area contributed by atoms with Gasteiger partial charge in [0.25, 0.3) is 5.92 Å². The van der Waals surface area contributed by atoms with Crippen molar-refractivity contribution < 1.29 is 13.6 Å². The molecule has 1 saturated heterocycles. The SMILES string of the molecule is CC(C)n1cc(Nc2nccc(C3=CC4CCC(C3)N4C(=O)[C@H]3CC3(F)F)n2)cn1. The predicted octanol–water partition coefficient (Wildman–Crippen LogP) is 3.80. The van der Waals surface area contributed by atoms with Gasteiger partial charge in [0.15, 0.2) is 0 Å². The highest BCUT2D eigenvalue weighted by Crippen LogP contribution is 2.51. The summed E-state index contributed by atoms with van der Waals surface area (Å²) in [5, 5.41) is 7.48. The Balaban J connectivity index is 1.33. The van der Waals surface area contributed by atoms with E-state index in [0.29, 0.717) is 12.4 Å². The number of hydrogen-bond donors (Lipinski definition) is 1. The molecule has 7 nitrogen and oxygen atoms in total. The topological polar surface area (TPSA) is 75.9 Å². The van der Waals surface area contributed by atoms with Crippen molar-refractivity contribution >= 4 is 23.1 Å². The van der Waals surface area contributed by atoms with E-state index >= 15 is 0 Å². The molecular formula is C21H24F2N6O. The van der Waals surface area contributed by atoms with E-state index in [1.165, 1.54) is 0 Å². The van der Waals surface area contributed by atoms with Crippen LogP contribution in [0.15, 0.2) is 30.7 Å². The van der Waals surface area contributed by atoms with Crippen molar-refractivity contribution in [1.29, 1.82) is 0 Å². The van der Waals surface area contributed by atoms with Gasteiger partial charge in [-0.3, -0.25) is 9.48 Å². The molecule has 30 heavy (non-hydrogen) atoms. The number of carbonyl (C=O) groups excluding carboxylic acids is 1. The second-order valence-electron chi connectivity index (χ2n) is 8.65. The summed E-state index contributed by atoms with van der Waals surface area (Å²) >= 11 is 0. The average molecular weight is 414 g/mol. The standard InChI is InChI=1S/C21H24F2N6O/c1-12(2)28-11-14(10-25-28)26-20-24-6-5-18(27-20)13-7-15-3-4-16(8-13)29(15)19(30)17-9-21(17,22)23/h5-7,10-12,15-17H,3-4,8-9H2,1-2H3,(H,24,26,27)/t15?,16?,17-/m1/s1. The second kappa shape index (κ2) is 6.85. The molecule has 4 heterocycles.